The van der Waals surface area contributed by atoms with Crippen LogP contribution in [0.25, 0.3) is 10.9 Å². The number of hydrogen-bond acceptors (Lipinski definition) is 5. The van der Waals surface area contributed by atoms with Crippen molar-refractivity contribution in [2.45, 2.75) is 57.7 Å². The van der Waals surface area contributed by atoms with Gasteiger partial charge in [0.2, 0.25) is 11.8 Å². The van der Waals surface area contributed by atoms with Crippen LogP contribution >= 0.6 is 0 Å². The first kappa shape index (κ1) is 22.1. The number of hydrogen-bond donors (Lipinski definition) is 5. The van der Waals surface area contributed by atoms with Crippen LogP contribution in [0.2, 0.25) is 1.41 Å². The van der Waals surface area contributed by atoms with E-state index in [-0.39, 0.29) is 19.3 Å². The zero-order chi connectivity index (χ0) is 24.1. The number of ether oxygens (including phenoxy) is 1. The number of primary amides is 1. The molecule has 0 aliphatic carbocycles. The lowest BCUT2D eigenvalue weighted by Gasteiger charge is -2.22. The number of para-hydroxylation sites is 1. The Labute approximate surface area is 181 Å². The van der Waals surface area contributed by atoms with Crippen molar-refractivity contribution in [3.8, 4) is 0 Å². The van der Waals surface area contributed by atoms with Crippen LogP contribution < -0.4 is 16.4 Å². The van der Waals surface area contributed by atoms with Gasteiger partial charge in [0.25, 0.3) is 0 Å². The average molecular weight is 433 g/mol. The van der Waals surface area contributed by atoms with E-state index < -0.39 is 41.6 Å². The van der Waals surface area contributed by atoms with E-state index in [2.05, 4.69) is 10.3 Å². The lowest BCUT2D eigenvalue weighted by Crippen LogP contribution is -2.47. The van der Waals surface area contributed by atoms with E-state index in [4.69, 9.17) is 11.9 Å². The standard InChI is InChI=1S/C21H28N4O6/c1-21(2,3)31-20(30)25-15(18(22)27)8-9-17(26)24-16(19(28)29)10-12-11-23-14-7-5-4-6-13(12)14/h4-7,11,15-16,23H,8-10H2,1-3H3,(H2,22,27)(H,24,26)(H,25,30)(H,28,29)/t15-,16+/m1/s1/i/hD. The molecule has 0 bridgehead atoms. The third-order valence-corrected chi connectivity index (χ3v) is 4.36. The van der Waals surface area contributed by atoms with Crippen LogP contribution in [0.4, 0.5) is 4.79 Å². The van der Waals surface area contributed by atoms with Crippen molar-refractivity contribution in [3.05, 3.63) is 36.0 Å². The first-order chi connectivity index (χ1) is 14.9. The van der Waals surface area contributed by atoms with E-state index in [1.54, 1.807) is 27.0 Å². The number of carbonyl (C=O) groups excluding carboxylic acids is 3. The first-order valence-electron chi connectivity index (χ1n) is 10.2. The number of amides is 3. The van der Waals surface area contributed by atoms with Crippen molar-refractivity contribution >= 4 is 34.8 Å². The van der Waals surface area contributed by atoms with Crippen molar-refractivity contribution < 1.29 is 30.4 Å². The normalized spacial score (nSPS) is 13.7. The highest BCUT2D eigenvalue weighted by Gasteiger charge is 2.25. The number of rotatable bonds is 9. The molecule has 1 heterocycles. The average Bonchev–Trinajstić information content (AvgIpc) is 3.08. The molecular formula is C21H28N4O6. The summed E-state index contributed by atoms with van der Waals surface area (Å²) in [7, 11) is 0. The van der Waals surface area contributed by atoms with Crippen molar-refractivity contribution in [1.82, 2.24) is 15.6 Å². The summed E-state index contributed by atoms with van der Waals surface area (Å²) in [5.41, 5.74) is 5.97. The van der Waals surface area contributed by atoms with Gasteiger partial charge in [-0.3, -0.25) is 9.59 Å². The molecule has 0 unspecified atom stereocenters. The molecule has 1 aromatic carbocycles. The number of fused-ring (bicyclic) bond motifs is 1. The SMILES string of the molecule is [2H]N(C(=O)OC(C)(C)C)[C@H](CCC(=O)N[C@@H](Cc1c[nH]c2ccccc12)C(=O)O)C(N)=O. The molecule has 0 aliphatic rings. The van der Waals surface area contributed by atoms with E-state index in [0.29, 0.717) is 5.31 Å². The number of carboxylic acids is 1. The summed E-state index contributed by atoms with van der Waals surface area (Å²) >= 11 is 0. The Morgan fingerprint density at radius 1 is 1.23 bits per heavy atom. The van der Waals surface area contributed by atoms with Crippen LogP contribution in [0.5, 0.6) is 0 Å². The quantitative estimate of drug-likeness (QED) is 0.402. The fraction of sp³-hybridized carbons (Fsp3) is 0.429. The molecule has 6 N–H and O–H groups in total. The number of benzene rings is 1. The molecule has 2 atom stereocenters. The summed E-state index contributed by atoms with van der Waals surface area (Å²) < 4.78 is 12.9. The third kappa shape index (κ3) is 7.32. The Morgan fingerprint density at radius 3 is 2.52 bits per heavy atom. The monoisotopic (exact) mass is 433 g/mol. The number of aromatic nitrogens is 1. The van der Waals surface area contributed by atoms with Crippen molar-refractivity contribution in [3.63, 3.8) is 0 Å². The molecule has 3 amide bonds. The minimum Gasteiger partial charge on any atom is -0.480 e. The largest absolute Gasteiger partial charge is 0.480 e. The highest BCUT2D eigenvalue weighted by Crippen LogP contribution is 2.19. The van der Waals surface area contributed by atoms with Gasteiger partial charge in [0.15, 0.2) is 1.41 Å². The number of aromatic amines is 1. The maximum atomic E-state index is 12.4. The number of H-pyrrole nitrogens is 1. The smallest absolute Gasteiger partial charge is 0.408 e. The second-order valence-electron chi connectivity index (χ2n) is 8.09. The number of aliphatic carboxylic acids is 1. The molecular weight excluding hydrogens is 404 g/mol. The highest BCUT2D eigenvalue weighted by molar-refractivity contribution is 5.88. The Morgan fingerprint density at radius 2 is 1.90 bits per heavy atom. The molecule has 0 fully saturated rings. The second-order valence-corrected chi connectivity index (χ2v) is 8.09. The predicted octanol–water partition coefficient (Wildman–Crippen LogP) is 1.44. The van der Waals surface area contributed by atoms with E-state index in [1.165, 1.54) is 0 Å². The van der Waals surface area contributed by atoms with Crippen LogP contribution in [0, 0.1) is 0 Å². The molecule has 0 radical (unpaired) electrons. The number of carbonyl (C=O) groups is 4. The van der Waals surface area contributed by atoms with Crippen LogP contribution in [-0.4, -0.2) is 51.7 Å². The zero-order valence-corrected chi connectivity index (χ0v) is 17.7. The van der Waals surface area contributed by atoms with E-state index in [9.17, 15) is 24.3 Å². The van der Waals surface area contributed by atoms with Gasteiger partial charge >= 0.3 is 12.1 Å². The number of carboxylic acid groups (broad SMARTS) is 1. The van der Waals surface area contributed by atoms with Gasteiger partial charge in [0, 0.05) is 29.9 Å². The van der Waals surface area contributed by atoms with Crippen LogP contribution in [0.1, 0.15) is 39.2 Å². The minimum absolute atomic E-state index is 0.0484. The maximum Gasteiger partial charge on any atom is 0.408 e. The van der Waals surface area contributed by atoms with E-state index >= 15 is 0 Å². The maximum absolute atomic E-state index is 12.4. The van der Waals surface area contributed by atoms with Crippen molar-refractivity contribution in [1.29, 1.82) is 0 Å². The molecule has 0 saturated carbocycles. The van der Waals surface area contributed by atoms with Gasteiger partial charge in [-0.05, 0) is 38.8 Å². The molecule has 1 aromatic heterocycles. The van der Waals surface area contributed by atoms with Gasteiger partial charge < -0.3 is 31.2 Å². The van der Waals surface area contributed by atoms with Gasteiger partial charge in [0.1, 0.15) is 17.7 Å². The fourth-order valence-electron chi connectivity index (χ4n) is 2.94. The third-order valence-electron chi connectivity index (χ3n) is 4.36. The van der Waals surface area contributed by atoms with Crippen molar-refractivity contribution in [2.24, 2.45) is 5.73 Å². The zero-order valence-electron chi connectivity index (χ0n) is 18.7. The molecule has 0 spiro atoms. The Balaban J connectivity index is 2.00. The summed E-state index contributed by atoms with van der Waals surface area (Å²) in [5.74, 6) is -2.85. The molecule has 10 heteroatoms. The molecule has 2 rings (SSSR count). The number of nitrogens with one attached hydrogen (secondary N) is 3. The molecule has 10 nitrogen and oxygen atoms in total. The first-order valence-corrected chi connectivity index (χ1v) is 9.76. The molecule has 0 aliphatic heterocycles. The summed E-state index contributed by atoms with van der Waals surface area (Å²) in [6.07, 6.45) is 0.0818. The highest BCUT2D eigenvalue weighted by atomic mass is 16.6. The van der Waals surface area contributed by atoms with E-state index in [1.807, 2.05) is 24.3 Å². The number of alkyl carbamates (subject to hydrolysis) is 1. The van der Waals surface area contributed by atoms with E-state index in [0.717, 1.165) is 16.5 Å². The van der Waals surface area contributed by atoms with Crippen LogP contribution in [0.15, 0.2) is 30.5 Å². The minimum atomic E-state index is -1.41. The summed E-state index contributed by atoms with van der Waals surface area (Å²) in [4.78, 5) is 50.8. The van der Waals surface area contributed by atoms with Gasteiger partial charge in [0.05, 0.1) is 0 Å². The Hall–Kier alpha value is -3.56. The summed E-state index contributed by atoms with van der Waals surface area (Å²) in [6, 6.07) is 4.77. The van der Waals surface area contributed by atoms with Gasteiger partial charge in [-0.2, -0.15) is 0 Å². The number of nitrogens with two attached hydrogens (primary N) is 1. The summed E-state index contributed by atoms with van der Waals surface area (Å²) in [5, 5.41) is 13.1. The van der Waals surface area contributed by atoms with Gasteiger partial charge in [-0.1, -0.05) is 18.2 Å². The van der Waals surface area contributed by atoms with Crippen LogP contribution in [0.3, 0.4) is 0 Å². The van der Waals surface area contributed by atoms with Crippen molar-refractivity contribution in [2.75, 3.05) is 0 Å². The molecule has 0 saturated heterocycles. The topological polar surface area (TPSA) is 164 Å². The molecule has 168 valence electrons. The fourth-order valence-corrected chi connectivity index (χ4v) is 2.94. The van der Waals surface area contributed by atoms with Gasteiger partial charge in [-0.15, -0.1) is 0 Å². The van der Waals surface area contributed by atoms with Crippen LogP contribution in [-0.2, 0) is 25.5 Å². The summed E-state index contributed by atoms with van der Waals surface area (Å²) in [6.45, 7) is 4.81. The second kappa shape index (κ2) is 9.96. The molecule has 2 aromatic rings. The Bertz CT molecular complexity index is 1000. The molecule has 31 heavy (non-hydrogen) atoms. The predicted molar refractivity (Wildman–Crippen MR) is 113 cm³/mol. The lowest BCUT2D eigenvalue weighted by atomic mass is 10.0. The lowest BCUT2D eigenvalue weighted by molar-refractivity contribution is -0.141. The Kier molecular flexibility index (Phi) is 7.11. The van der Waals surface area contributed by atoms with Gasteiger partial charge in [-0.25, -0.2) is 9.59 Å².